The lowest BCUT2D eigenvalue weighted by atomic mass is 10.2. The molecule has 0 bridgehead atoms. The number of thioether (sulfide) groups is 1. The number of nitrogens with zero attached hydrogens (tertiary/aromatic N) is 3. The van der Waals surface area contributed by atoms with Gasteiger partial charge < -0.3 is 10.1 Å². The largest absolute Gasteiger partial charge is 0.494 e. The van der Waals surface area contributed by atoms with Gasteiger partial charge in [0.25, 0.3) is 0 Å². The van der Waals surface area contributed by atoms with E-state index in [-0.39, 0.29) is 11.7 Å². The zero-order valence-electron chi connectivity index (χ0n) is 17.7. The summed E-state index contributed by atoms with van der Waals surface area (Å²) < 4.78 is 8.30. The van der Waals surface area contributed by atoms with Gasteiger partial charge in [-0.05, 0) is 71.4 Å². The molecule has 0 aliphatic heterocycles. The van der Waals surface area contributed by atoms with Crippen molar-refractivity contribution >= 4 is 50.9 Å². The Morgan fingerprint density at radius 3 is 2.61 bits per heavy atom. The number of halogens is 2. The van der Waals surface area contributed by atoms with E-state index in [2.05, 4.69) is 31.4 Å². The molecule has 0 aliphatic rings. The number of aromatic nitrogens is 3. The Kier molecular flexibility index (Phi) is 7.69. The maximum Gasteiger partial charge on any atom is 0.234 e. The quantitative estimate of drug-likeness (QED) is 0.258. The summed E-state index contributed by atoms with van der Waals surface area (Å²) >= 11 is 11.0. The number of ether oxygens (including phenoxy) is 1. The van der Waals surface area contributed by atoms with Crippen LogP contribution in [0.15, 0.2) is 82.4 Å². The molecule has 4 aromatic rings. The van der Waals surface area contributed by atoms with Gasteiger partial charge in [0, 0.05) is 20.7 Å². The van der Waals surface area contributed by atoms with Gasteiger partial charge in [0.1, 0.15) is 5.75 Å². The average Bonchev–Trinajstić information content (AvgIpc) is 3.24. The summed E-state index contributed by atoms with van der Waals surface area (Å²) in [6, 6.07) is 22.6. The second kappa shape index (κ2) is 10.9. The van der Waals surface area contributed by atoms with Crippen LogP contribution in [0.2, 0.25) is 5.02 Å². The van der Waals surface area contributed by atoms with Gasteiger partial charge in [-0.2, -0.15) is 0 Å². The van der Waals surface area contributed by atoms with Crippen LogP contribution in [0, 0.1) is 0 Å². The number of rotatable bonds is 8. The molecular weight excluding hydrogens is 524 g/mol. The van der Waals surface area contributed by atoms with Gasteiger partial charge in [-0.1, -0.05) is 47.6 Å². The molecule has 1 aromatic heterocycles. The minimum Gasteiger partial charge on any atom is -0.494 e. The van der Waals surface area contributed by atoms with Crippen molar-refractivity contribution in [3.63, 3.8) is 0 Å². The average molecular weight is 544 g/mol. The monoisotopic (exact) mass is 542 g/mol. The van der Waals surface area contributed by atoms with E-state index in [1.165, 1.54) is 11.8 Å². The van der Waals surface area contributed by atoms with E-state index in [0.717, 1.165) is 27.2 Å². The minimum absolute atomic E-state index is 0.141. The third-order valence-corrected chi connectivity index (χ3v) is 6.46. The lowest BCUT2D eigenvalue weighted by molar-refractivity contribution is -0.113. The van der Waals surface area contributed by atoms with Crippen LogP contribution in [-0.4, -0.2) is 33.0 Å². The Balaban J connectivity index is 1.62. The number of amides is 1. The standard InChI is InChI=1S/C24H20BrClN4O2S/c1-2-32-19-12-10-18(11-13-19)30-23(16-6-5-7-17(26)14-16)28-29-24(30)33-15-22(31)27-21-9-4-3-8-20(21)25/h3-14H,2,15H2,1H3,(H,27,31). The first-order valence-corrected chi connectivity index (χ1v) is 12.3. The zero-order valence-corrected chi connectivity index (χ0v) is 20.8. The van der Waals surface area contributed by atoms with Crippen LogP contribution in [0.1, 0.15) is 6.92 Å². The van der Waals surface area contributed by atoms with Crippen molar-refractivity contribution in [1.29, 1.82) is 0 Å². The van der Waals surface area contributed by atoms with Gasteiger partial charge in [-0.15, -0.1) is 10.2 Å². The number of carbonyl (C=O) groups excluding carboxylic acids is 1. The highest BCUT2D eigenvalue weighted by atomic mass is 79.9. The fraction of sp³-hybridized carbons (Fsp3) is 0.125. The van der Waals surface area contributed by atoms with Crippen molar-refractivity contribution in [2.75, 3.05) is 17.7 Å². The molecule has 6 nitrogen and oxygen atoms in total. The molecule has 1 heterocycles. The van der Waals surface area contributed by atoms with Crippen molar-refractivity contribution in [3.8, 4) is 22.8 Å². The summed E-state index contributed by atoms with van der Waals surface area (Å²) in [5, 5.41) is 12.9. The molecule has 0 radical (unpaired) electrons. The van der Waals surface area contributed by atoms with Gasteiger partial charge >= 0.3 is 0 Å². The Hall–Kier alpha value is -2.81. The molecule has 1 N–H and O–H groups in total. The molecule has 168 valence electrons. The molecule has 4 rings (SSSR count). The van der Waals surface area contributed by atoms with Crippen LogP contribution < -0.4 is 10.1 Å². The summed E-state index contributed by atoms with van der Waals surface area (Å²) in [5.41, 5.74) is 2.40. The molecule has 0 fully saturated rings. The summed E-state index contributed by atoms with van der Waals surface area (Å²) in [7, 11) is 0. The first-order valence-electron chi connectivity index (χ1n) is 10.2. The molecule has 0 saturated heterocycles. The van der Waals surface area contributed by atoms with Crippen LogP contribution in [0.3, 0.4) is 0 Å². The van der Waals surface area contributed by atoms with Gasteiger partial charge in [0.2, 0.25) is 5.91 Å². The Morgan fingerprint density at radius 1 is 1.09 bits per heavy atom. The van der Waals surface area contributed by atoms with Crippen molar-refractivity contribution in [3.05, 3.63) is 82.3 Å². The number of para-hydroxylation sites is 1. The lowest BCUT2D eigenvalue weighted by Gasteiger charge is -2.12. The third kappa shape index (κ3) is 5.76. The number of benzene rings is 3. The normalized spacial score (nSPS) is 10.8. The van der Waals surface area contributed by atoms with Gasteiger partial charge in [0.15, 0.2) is 11.0 Å². The van der Waals surface area contributed by atoms with Crippen LogP contribution in [0.25, 0.3) is 17.1 Å². The zero-order chi connectivity index (χ0) is 23.2. The van der Waals surface area contributed by atoms with E-state index in [0.29, 0.717) is 22.6 Å². The van der Waals surface area contributed by atoms with Gasteiger partial charge in [-0.25, -0.2) is 0 Å². The van der Waals surface area contributed by atoms with Crippen molar-refractivity contribution in [1.82, 2.24) is 14.8 Å². The van der Waals surface area contributed by atoms with E-state index in [1.54, 1.807) is 0 Å². The van der Waals surface area contributed by atoms with E-state index in [9.17, 15) is 4.79 Å². The number of nitrogens with one attached hydrogen (secondary N) is 1. The second-order valence-corrected chi connectivity index (χ2v) is 9.13. The molecule has 0 aliphatic carbocycles. The Bertz CT molecular complexity index is 1260. The van der Waals surface area contributed by atoms with E-state index < -0.39 is 0 Å². The topological polar surface area (TPSA) is 69.0 Å². The summed E-state index contributed by atoms with van der Waals surface area (Å²) in [6.45, 7) is 2.53. The maximum atomic E-state index is 12.6. The molecule has 0 spiro atoms. The number of hydrogen-bond acceptors (Lipinski definition) is 5. The van der Waals surface area contributed by atoms with Gasteiger partial charge in [-0.3, -0.25) is 9.36 Å². The number of hydrogen-bond donors (Lipinski definition) is 1. The maximum absolute atomic E-state index is 12.6. The van der Waals surface area contributed by atoms with Crippen molar-refractivity contribution in [2.45, 2.75) is 12.1 Å². The predicted octanol–water partition coefficient (Wildman–Crippen LogP) is 6.48. The first-order chi connectivity index (χ1) is 16.0. The Labute approximate surface area is 209 Å². The molecule has 0 saturated carbocycles. The molecule has 3 aromatic carbocycles. The first kappa shape index (κ1) is 23.4. The summed E-state index contributed by atoms with van der Waals surface area (Å²) in [4.78, 5) is 12.6. The van der Waals surface area contributed by atoms with Crippen LogP contribution in [0.5, 0.6) is 5.75 Å². The lowest BCUT2D eigenvalue weighted by Crippen LogP contribution is -2.15. The predicted molar refractivity (Wildman–Crippen MR) is 136 cm³/mol. The molecular formula is C24H20BrClN4O2S. The Morgan fingerprint density at radius 2 is 1.88 bits per heavy atom. The molecule has 33 heavy (non-hydrogen) atoms. The fourth-order valence-corrected chi connectivity index (χ4v) is 4.47. The highest BCUT2D eigenvalue weighted by molar-refractivity contribution is 9.10. The molecule has 0 unspecified atom stereocenters. The molecule has 1 amide bonds. The third-order valence-electron chi connectivity index (χ3n) is 4.60. The fourth-order valence-electron chi connectivity index (χ4n) is 3.15. The summed E-state index contributed by atoms with van der Waals surface area (Å²) in [5.74, 6) is 1.44. The second-order valence-electron chi connectivity index (χ2n) is 6.90. The van der Waals surface area contributed by atoms with E-state index >= 15 is 0 Å². The molecule has 0 atom stereocenters. The minimum atomic E-state index is -0.141. The smallest absolute Gasteiger partial charge is 0.234 e. The van der Waals surface area contributed by atoms with Crippen LogP contribution in [0.4, 0.5) is 5.69 Å². The van der Waals surface area contributed by atoms with Crippen molar-refractivity contribution < 1.29 is 9.53 Å². The van der Waals surface area contributed by atoms with Crippen LogP contribution >= 0.6 is 39.3 Å². The number of anilines is 1. The highest BCUT2D eigenvalue weighted by Gasteiger charge is 2.18. The molecule has 9 heteroatoms. The highest BCUT2D eigenvalue weighted by Crippen LogP contribution is 2.30. The van der Waals surface area contributed by atoms with E-state index in [1.807, 2.05) is 84.3 Å². The van der Waals surface area contributed by atoms with Crippen LogP contribution in [-0.2, 0) is 4.79 Å². The van der Waals surface area contributed by atoms with E-state index in [4.69, 9.17) is 16.3 Å². The summed E-state index contributed by atoms with van der Waals surface area (Å²) in [6.07, 6.45) is 0. The van der Waals surface area contributed by atoms with Gasteiger partial charge in [0.05, 0.1) is 18.0 Å². The SMILES string of the molecule is CCOc1ccc(-n2c(SCC(=O)Nc3ccccc3Br)nnc2-c2cccc(Cl)c2)cc1. The van der Waals surface area contributed by atoms with Crippen molar-refractivity contribution in [2.24, 2.45) is 0 Å². The number of carbonyl (C=O) groups is 1.